The predicted octanol–water partition coefficient (Wildman–Crippen LogP) is 6.27. The second-order valence-corrected chi connectivity index (χ2v) is 6.94. The lowest BCUT2D eigenvalue weighted by Gasteiger charge is -2.24. The standard InChI is InChI=1S/C22H33N2/c1-3-5-6-7-8-12-15-20(18-19-13-10-9-11-14-19)21(4-2)22-23-16-17-24-22/h9-11,13-14,16-17,20-21H,3-8,12,15,18H2,1-2H3/q+1. The number of aliphatic imine (C=N–C) groups is 2. The zero-order valence-corrected chi connectivity index (χ0v) is 15.5. The van der Waals surface area contributed by atoms with Gasteiger partial charge in [-0.15, -0.1) is 0 Å². The molecule has 0 aromatic heterocycles. The van der Waals surface area contributed by atoms with Crippen LogP contribution in [0.15, 0.2) is 40.3 Å². The zero-order chi connectivity index (χ0) is 17.0. The maximum atomic E-state index is 4.51. The molecule has 2 heteroatoms. The monoisotopic (exact) mass is 325 g/mol. The fourth-order valence-corrected chi connectivity index (χ4v) is 3.72. The van der Waals surface area contributed by atoms with E-state index in [1.54, 1.807) is 0 Å². The lowest BCUT2D eigenvalue weighted by Crippen LogP contribution is -2.21. The molecule has 0 aliphatic carbocycles. The van der Waals surface area contributed by atoms with Crippen LogP contribution >= 0.6 is 0 Å². The fourth-order valence-electron chi connectivity index (χ4n) is 3.72. The summed E-state index contributed by atoms with van der Waals surface area (Å²) in [6.45, 7) is 4.56. The molecule has 2 unspecified atom stereocenters. The van der Waals surface area contributed by atoms with E-state index in [9.17, 15) is 0 Å². The van der Waals surface area contributed by atoms with Crippen LogP contribution in [0.4, 0.5) is 0 Å². The summed E-state index contributed by atoms with van der Waals surface area (Å²) in [6, 6.07) is 10.9. The van der Waals surface area contributed by atoms with Crippen LogP contribution in [0.2, 0.25) is 0 Å². The topological polar surface area (TPSA) is 24.7 Å². The third-order valence-corrected chi connectivity index (χ3v) is 5.09. The van der Waals surface area contributed by atoms with Crippen LogP contribution in [-0.2, 0) is 6.42 Å². The van der Waals surface area contributed by atoms with E-state index in [1.807, 2.05) is 12.4 Å². The van der Waals surface area contributed by atoms with Crippen LogP contribution < -0.4 is 0 Å². The summed E-state index contributed by atoms with van der Waals surface area (Å²) in [7, 11) is 0. The Bertz CT molecular complexity index is 480. The summed E-state index contributed by atoms with van der Waals surface area (Å²) in [6.07, 6.45) is 16.4. The SMILES string of the molecule is CCCCCCCCC(Cc1ccccc1)C(CC)[C+]1N=CC=N1. The van der Waals surface area contributed by atoms with Crippen LogP contribution in [0.5, 0.6) is 0 Å². The molecule has 0 saturated heterocycles. The Morgan fingerprint density at radius 1 is 0.875 bits per heavy atom. The van der Waals surface area contributed by atoms with E-state index >= 15 is 0 Å². The summed E-state index contributed by atoms with van der Waals surface area (Å²) in [5.41, 5.74) is 1.44. The van der Waals surface area contributed by atoms with Gasteiger partial charge in [0.1, 0.15) is 0 Å². The van der Waals surface area contributed by atoms with Gasteiger partial charge in [0.15, 0.2) is 12.4 Å². The average Bonchev–Trinajstić information content (AvgIpc) is 3.13. The highest BCUT2D eigenvalue weighted by Crippen LogP contribution is 2.35. The molecule has 130 valence electrons. The van der Waals surface area contributed by atoms with Crippen molar-refractivity contribution in [1.82, 2.24) is 0 Å². The van der Waals surface area contributed by atoms with Crippen molar-refractivity contribution in [2.75, 3.05) is 0 Å². The molecule has 1 aliphatic rings. The molecule has 1 heterocycles. The number of hydrogen-bond acceptors (Lipinski definition) is 2. The van der Waals surface area contributed by atoms with Crippen molar-refractivity contribution in [2.45, 2.75) is 71.6 Å². The van der Waals surface area contributed by atoms with Crippen molar-refractivity contribution < 1.29 is 0 Å². The van der Waals surface area contributed by atoms with Gasteiger partial charge in [-0.25, -0.2) is 0 Å². The van der Waals surface area contributed by atoms with E-state index in [0.717, 1.165) is 19.0 Å². The molecule has 2 rings (SSSR count). The van der Waals surface area contributed by atoms with E-state index < -0.39 is 0 Å². The third-order valence-electron chi connectivity index (χ3n) is 5.09. The van der Waals surface area contributed by atoms with Gasteiger partial charge in [0.25, 0.3) is 0 Å². The summed E-state index contributed by atoms with van der Waals surface area (Å²) in [4.78, 5) is 9.02. The normalized spacial score (nSPS) is 15.8. The van der Waals surface area contributed by atoms with E-state index in [-0.39, 0.29) is 0 Å². The van der Waals surface area contributed by atoms with Gasteiger partial charge < -0.3 is 0 Å². The van der Waals surface area contributed by atoms with Gasteiger partial charge in [-0.3, -0.25) is 0 Å². The first-order valence-corrected chi connectivity index (χ1v) is 9.82. The highest BCUT2D eigenvalue weighted by Gasteiger charge is 2.34. The quantitative estimate of drug-likeness (QED) is 0.320. The first-order valence-electron chi connectivity index (χ1n) is 9.82. The minimum absolute atomic E-state index is 0.482. The van der Waals surface area contributed by atoms with Crippen molar-refractivity contribution in [2.24, 2.45) is 21.8 Å². The molecule has 2 nitrogen and oxygen atoms in total. The van der Waals surface area contributed by atoms with E-state index in [0.29, 0.717) is 11.8 Å². The van der Waals surface area contributed by atoms with Gasteiger partial charge in [-0.05, 0) is 30.7 Å². The van der Waals surface area contributed by atoms with Gasteiger partial charge in [-0.2, -0.15) is 0 Å². The summed E-state index contributed by atoms with van der Waals surface area (Å²) >= 11 is 0. The maximum Gasteiger partial charge on any atom is 0.244 e. The summed E-state index contributed by atoms with van der Waals surface area (Å²) in [5, 5.41) is 0. The highest BCUT2D eigenvalue weighted by molar-refractivity contribution is 6.18. The van der Waals surface area contributed by atoms with Gasteiger partial charge in [0.2, 0.25) is 6.17 Å². The van der Waals surface area contributed by atoms with Crippen LogP contribution in [0, 0.1) is 18.0 Å². The Morgan fingerprint density at radius 2 is 1.54 bits per heavy atom. The smallest absolute Gasteiger partial charge is 0.0965 e. The van der Waals surface area contributed by atoms with Gasteiger partial charge in [0, 0.05) is 0 Å². The van der Waals surface area contributed by atoms with Crippen LogP contribution in [0.3, 0.4) is 0 Å². The number of nitrogens with zero attached hydrogens (tertiary/aromatic N) is 2. The van der Waals surface area contributed by atoms with E-state index in [4.69, 9.17) is 0 Å². The van der Waals surface area contributed by atoms with Gasteiger partial charge >= 0.3 is 0 Å². The van der Waals surface area contributed by atoms with E-state index in [2.05, 4.69) is 54.2 Å². The van der Waals surface area contributed by atoms with Crippen LogP contribution in [0.1, 0.15) is 70.8 Å². The lowest BCUT2D eigenvalue weighted by atomic mass is 9.80. The Morgan fingerprint density at radius 3 is 2.21 bits per heavy atom. The van der Waals surface area contributed by atoms with Crippen molar-refractivity contribution in [1.29, 1.82) is 0 Å². The number of unbranched alkanes of at least 4 members (excludes halogenated alkanes) is 5. The Balaban J connectivity index is 1.92. The van der Waals surface area contributed by atoms with Crippen molar-refractivity contribution >= 4 is 12.4 Å². The minimum Gasteiger partial charge on any atom is -0.0965 e. The zero-order valence-electron chi connectivity index (χ0n) is 15.5. The van der Waals surface area contributed by atoms with Crippen molar-refractivity contribution in [3.8, 4) is 0 Å². The Labute approximate surface area is 148 Å². The first kappa shape index (κ1) is 18.8. The molecule has 1 aromatic rings. The molecule has 24 heavy (non-hydrogen) atoms. The molecule has 1 aliphatic heterocycles. The summed E-state index contributed by atoms with van der Waals surface area (Å²) < 4.78 is 0. The largest absolute Gasteiger partial charge is 0.244 e. The average molecular weight is 326 g/mol. The molecule has 1 aromatic carbocycles. The van der Waals surface area contributed by atoms with E-state index in [1.165, 1.54) is 50.5 Å². The molecule has 0 fully saturated rings. The minimum atomic E-state index is 0.482. The highest BCUT2D eigenvalue weighted by atomic mass is 15.0. The first-order chi connectivity index (χ1) is 11.8. The fraction of sp³-hybridized carbons (Fsp3) is 0.591. The molecule has 2 atom stereocenters. The Kier molecular flexibility index (Phi) is 8.65. The molecular formula is C22H33N2+. The number of benzene rings is 1. The van der Waals surface area contributed by atoms with Gasteiger partial charge in [0.05, 0.1) is 5.92 Å². The molecule has 0 N–H and O–H groups in total. The van der Waals surface area contributed by atoms with Crippen LogP contribution in [0.25, 0.3) is 0 Å². The maximum absolute atomic E-state index is 4.51. The predicted molar refractivity (Wildman–Crippen MR) is 106 cm³/mol. The van der Waals surface area contributed by atoms with Gasteiger partial charge in [-0.1, -0.05) is 92.7 Å². The third kappa shape index (κ3) is 6.14. The summed E-state index contributed by atoms with van der Waals surface area (Å²) in [5.74, 6) is 1.13. The Hall–Kier alpha value is -1.57. The second-order valence-electron chi connectivity index (χ2n) is 6.94. The van der Waals surface area contributed by atoms with Crippen molar-refractivity contribution in [3.63, 3.8) is 0 Å². The van der Waals surface area contributed by atoms with Crippen molar-refractivity contribution in [3.05, 3.63) is 42.1 Å². The molecule has 0 radical (unpaired) electrons. The molecule has 0 bridgehead atoms. The molecule has 0 saturated carbocycles. The molecular weight excluding hydrogens is 292 g/mol. The lowest BCUT2D eigenvalue weighted by molar-refractivity contribution is 0.300. The second kappa shape index (κ2) is 11.1. The number of rotatable bonds is 12. The number of hydrogen-bond donors (Lipinski definition) is 0. The molecule has 0 spiro atoms. The molecule has 0 amide bonds. The van der Waals surface area contributed by atoms with Crippen LogP contribution in [-0.4, -0.2) is 12.4 Å².